The molecule has 1 aliphatic rings. The van der Waals surface area contributed by atoms with E-state index >= 15 is 4.39 Å². The molecule has 4 heterocycles. The summed E-state index contributed by atoms with van der Waals surface area (Å²) in [5.74, 6) is -1.87. The van der Waals surface area contributed by atoms with E-state index in [-0.39, 0.29) is 17.1 Å². The maximum Gasteiger partial charge on any atom is 0.410 e. The molecule has 1 amide bonds. The van der Waals surface area contributed by atoms with Crippen molar-refractivity contribution in [1.29, 1.82) is 0 Å². The van der Waals surface area contributed by atoms with Gasteiger partial charge in [0, 0.05) is 65.4 Å². The van der Waals surface area contributed by atoms with Crippen molar-refractivity contribution >= 4 is 32.7 Å². The number of nitrogens with zero attached hydrogens (tertiary/aromatic N) is 5. The molecule has 0 radical (unpaired) electrons. The summed E-state index contributed by atoms with van der Waals surface area (Å²) >= 11 is 0. The molecule has 0 saturated carbocycles. The van der Waals surface area contributed by atoms with Crippen LogP contribution in [0.4, 0.5) is 18.0 Å². The molecule has 7 rings (SSSR count). The fourth-order valence-corrected chi connectivity index (χ4v) is 7.64. The van der Waals surface area contributed by atoms with Gasteiger partial charge in [0.1, 0.15) is 23.1 Å². The van der Waals surface area contributed by atoms with Gasteiger partial charge in [-0.3, -0.25) is 4.68 Å². The molecule has 1 aliphatic heterocycles. The smallest absolute Gasteiger partial charge is 0.410 e. The van der Waals surface area contributed by atoms with Crippen LogP contribution in [-0.4, -0.2) is 56.8 Å². The topological polar surface area (TPSA) is 99.3 Å². The third-order valence-electron chi connectivity index (χ3n) is 8.91. The van der Waals surface area contributed by atoms with Crippen molar-refractivity contribution in [2.75, 3.05) is 13.1 Å². The number of fused-ring (bicyclic) bond motifs is 1. The van der Waals surface area contributed by atoms with Gasteiger partial charge in [-0.15, -0.1) is 0 Å². The quantitative estimate of drug-likeness (QED) is 0.163. The number of aryl methyl sites for hydroxylation is 1. The zero-order chi connectivity index (χ0) is 37.7. The highest BCUT2D eigenvalue weighted by Gasteiger charge is 2.26. The van der Waals surface area contributed by atoms with Gasteiger partial charge in [0.05, 0.1) is 17.6 Å². The van der Waals surface area contributed by atoms with Gasteiger partial charge in [-0.05, 0) is 87.2 Å². The zero-order valence-corrected chi connectivity index (χ0v) is 30.3. The van der Waals surface area contributed by atoms with Crippen molar-refractivity contribution in [3.05, 3.63) is 132 Å². The highest BCUT2D eigenvalue weighted by atomic mass is 32.2. The number of pyridine rings is 1. The molecule has 9 nitrogen and oxygen atoms in total. The highest BCUT2D eigenvalue weighted by molar-refractivity contribution is 7.90. The van der Waals surface area contributed by atoms with Crippen molar-refractivity contribution in [2.45, 2.75) is 51.2 Å². The number of hydrogen-bond donors (Lipinski definition) is 0. The average molecular weight is 740 g/mol. The lowest BCUT2D eigenvalue weighted by Gasteiger charge is -2.29. The minimum Gasteiger partial charge on any atom is -0.444 e. The van der Waals surface area contributed by atoms with Gasteiger partial charge in [0.2, 0.25) is 0 Å². The SMILES string of the molecule is Cc1ccc(S(=O)(=O)n2cc(-c3cnn(Cc4cc(F)cc(F)c4)c3)c3cc(-c4ccc(C5=CCN(C(=O)OC(C)(C)C)CC5)c(F)c4)cnc32)cc1. The summed E-state index contributed by atoms with van der Waals surface area (Å²) in [7, 11) is -4.10. The van der Waals surface area contributed by atoms with E-state index in [0.29, 0.717) is 58.3 Å². The number of rotatable bonds is 7. The predicted molar refractivity (Wildman–Crippen MR) is 196 cm³/mol. The van der Waals surface area contributed by atoms with Crippen LogP contribution in [0.5, 0.6) is 0 Å². The largest absolute Gasteiger partial charge is 0.444 e. The minimum atomic E-state index is -4.10. The third-order valence-corrected chi connectivity index (χ3v) is 10.6. The van der Waals surface area contributed by atoms with Crippen LogP contribution in [-0.2, 0) is 21.3 Å². The van der Waals surface area contributed by atoms with Gasteiger partial charge >= 0.3 is 6.09 Å². The van der Waals surface area contributed by atoms with Crippen LogP contribution in [0.25, 0.3) is 38.9 Å². The summed E-state index contributed by atoms with van der Waals surface area (Å²) in [6, 6.07) is 16.3. The minimum absolute atomic E-state index is 0.0690. The fourth-order valence-electron chi connectivity index (χ4n) is 6.31. The van der Waals surface area contributed by atoms with E-state index in [1.165, 1.54) is 53.6 Å². The summed E-state index contributed by atoms with van der Waals surface area (Å²) in [5, 5.41) is 4.85. The summed E-state index contributed by atoms with van der Waals surface area (Å²) in [6.07, 6.45) is 8.03. The summed E-state index contributed by atoms with van der Waals surface area (Å²) in [5.41, 5.74) is 4.10. The molecule has 53 heavy (non-hydrogen) atoms. The van der Waals surface area contributed by atoms with Crippen molar-refractivity contribution in [3.63, 3.8) is 0 Å². The third kappa shape index (κ3) is 7.47. The average Bonchev–Trinajstić information content (AvgIpc) is 3.72. The molecule has 0 spiro atoms. The number of hydrogen-bond acceptors (Lipinski definition) is 6. The Hall–Kier alpha value is -5.69. The Labute approximate surface area is 305 Å². The lowest BCUT2D eigenvalue weighted by Crippen LogP contribution is -2.39. The zero-order valence-electron chi connectivity index (χ0n) is 29.5. The monoisotopic (exact) mass is 739 g/mol. The van der Waals surface area contributed by atoms with Crippen LogP contribution in [0.3, 0.4) is 0 Å². The molecule has 272 valence electrons. The standard InChI is InChI=1S/C40H36F3N5O4S/c1-25-5-8-33(9-6-25)53(50,51)48-24-36(30-21-45-47(23-30)22-26-15-31(41)19-32(42)16-26)35-17-29(20-44-38(35)48)28-7-10-34(37(43)18-28)27-11-13-46(14-12-27)39(49)52-40(2,3)4/h5-11,15-21,23-24H,12-14,22H2,1-4H3. The van der Waals surface area contributed by atoms with Crippen LogP contribution in [0, 0.1) is 24.4 Å². The second kappa shape index (κ2) is 13.7. The Kier molecular flexibility index (Phi) is 9.23. The first-order chi connectivity index (χ1) is 25.1. The van der Waals surface area contributed by atoms with E-state index in [1.807, 2.05) is 13.0 Å². The molecule has 3 aromatic heterocycles. The van der Waals surface area contributed by atoms with Crippen molar-refractivity contribution in [2.24, 2.45) is 0 Å². The fraction of sp³-hybridized carbons (Fsp3) is 0.225. The Morgan fingerprint density at radius 1 is 0.868 bits per heavy atom. The van der Waals surface area contributed by atoms with Crippen LogP contribution >= 0.6 is 0 Å². The van der Waals surface area contributed by atoms with E-state index in [9.17, 15) is 22.0 Å². The molecular formula is C40H36F3N5O4S. The maximum atomic E-state index is 15.8. The van der Waals surface area contributed by atoms with Crippen LogP contribution in [0.15, 0.2) is 102 Å². The normalized spacial score (nSPS) is 13.7. The molecule has 0 bridgehead atoms. The number of halogens is 3. The molecule has 0 fully saturated rings. The lowest BCUT2D eigenvalue weighted by atomic mass is 9.96. The van der Waals surface area contributed by atoms with E-state index in [4.69, 9.17) is 4.74 Å². The molecule has 13 heteroatoms. The number of carbonyl (C=O) groups is 1. The first-order valence-electron chi connectivity index (χ1n) is 16.9. The highest BCUT2D eigenvalue weighted by Crippen LogP contribution is 2.36. The lowest BCUT2D eigenvalue weighted by molar-refractivity contribution is 0.0270. The van der Waals surface area contributed by atoms with Gasteiger partial charge in [-0.25, -0.2) is 35.3 Å². The van der Waals surface area contributed by atoms with E-state index in [2.05, 4.69) is 10.1 Å². The van der Waals surface area contributed by atoms with E-state index < -0.39 is 39.2 Å². The molecule has 3 aromatic carbocycles. The van der Waals surface area contributed by atoms with Gasteiger partial charge in [0.25, 0.3) is 10.0 Å². The van der Waals surface area contributed by atoms with Crippen LogP contribution in [0.1, 0.15) is 43.9 Å². The predicted octanol–water partition coefficient (Wildman–Crippen LogP) is 8.60. The number of benzene rings is 3. The Morgan fingerprint density at radius 3 is 2.26 bits per heavy atom. The van der Waals surface area contributed by atoms with Crippen LogP contribution in [0.2, 0.25) is 0 Å². The van der Waals surface area contributed by atoms with Crippen LogP contribution < -0.4 is 0 Å². The van der Waals surface area contributed by atoms with Gasteiger partial charge < -0.3 is 9.64 Å². The molecule has 0 saturated heterocycles. The Balaban J connectivity index is 1.25. The molecule has 0 atom stereocenters. The molecule has 0 unspecified atom stereocenters. The number of amides is 1. The first kappa shape index (κ1) is 35.7. The Bertz CT molecular complexity index is 2500. The van der Waals surface area contributed by atoms with Crippen molar-refractivity contribution in [1.82, 2.24) is 23.6 Å². The summed E-state index contributed by atoms with van der Waals surface area (Å²) < 4.78 is 79.5. The summed E-state index contributed by atoms with van der Waals surface area (Å²) in [4.78, 5) is 18.7. The molecular weight excluding hydrogens is 704 g/mol. The van der Waals surface area contributed by atoms with Crippen molar-refractivity contribution < 1.29 is 31.1 Å². The summed E-state index contributed by atoms with van der Waals surface area (Å²) in [6.45, 7) is 8.04. The van der Waals surface area contributed by atoms with Gasteiger partial charge in [-0.1, -0.05) is 35.9 Å². The number of ether oxygens (including phenoxy) is 1. The second-order valence-corrected chi connectivity index (χ2v) is 15.9. The first-order valence-corrected chi connectivity index (χ1v) is 18.4. The second-order valence-electron chi connectivity index (χ2n) is 14.1. The number of aromatic nitrogens is 4. The number of carbonyl (C=O) groups excluding carboxylic acids is 1. The van der Waals surface area contributed by atoms with Crippen molar-refractivity contribution in [3.8, 4) is 22.3 Å². The molecule has 0 N–H and O–H groups in total. The van der Waals surface area contributed by atoms with Gasteiger partial charge in [0.15, 0.2) is 5.65 Å². The van der Waals surface area contributed by atoms with E-state index in [1.54, 1.807) is 62.2 Å². The van der Waals surface area contributed by atoms with Gasteiger partial charge in [-0.2, -0.15) is 5.10 Å². The Morgan fingerprint density at radius 2 is 1.60 bits per heavy atom. The maximum absolute atomic E-state index is 15.8. The molecule has 6 aromatic rings. The van der Waals surface area contributed by atoms with E-state index in [0.717, 1.165) is 21.2 Å². The molecule has 0 aliphatic carbocycles.